The molecule has 1 saturated heterocycles. The summed E-state index contributed by atoms with van der Waals surface area (Å²) >= 11 is 3.54. The van der Waals surface area contributed by atoms with Gasteiger partial charge in [-0.15, -0.1) is 3.44 Å². The number of benzene rings is 2. The SMILES string of the molecule is BrN1NS1(c1ccccc1)c1ccccc1. The average Bonchev–Trinajstić information content (AvgIpc) is 3.05. The maximum absolute atomic E-state index is 3.54. The maximum Gasteiger partial charge on any atom is 0.0427 e. The molecule has 1 atom stereocenters. The van der Waals surface area contributed by atoms with Gasteiger partial charge in [-0.25, -0.2) is 0 Å². The number of rotatable bonds is 2. The van der Waals surface area contributed by atoms with Crippen LogP contribution in [0.25, 0.3) is 0 Å². The first-order valence-electron chi connectivity index (χ1n) is 5.01. The highest BCUT2D eigenvalue weighted by atomic mass is 79.9. The fourth-order valence-corrected chi connectivity index (χ4v) is 5.73. The van der Waals surface area contributed by atoms with Crippen molar-refractivity contribution in [2.75, 3.05) is 0 Å². The van der Waals surface area contributed by atoms with Gasteiger partial charge in [0, 0.05) is 25.9 Å². The third kappa shape index (κ3) is 1.50. The Morgan fingerprint density at radius 1 is 0.812 bits per heavy atom. The lowest BCUT2D eigenvalue weighted by Crippen LogP contribution is -1.89. The summed E-state index contributed by atoms with van der Waals surface area (Å²) in [6.07, 6.45) is 0. The number of halogens is 1. The molecule has 1 N–H and O–H groups in total. The van der Waals surface area contributed by atoms with Crippen LogP contribution in [0.3, 0.4) is 0 Å². The van der Waals surface area contributed by atoms with Gasteiger partial charge in [0.15, 0.2) is 0 Å². The molecule has 0 radical (unpaired) electrons. The lowest BCUT2D eigenvalue weighted by atomic mass is 10.4. The number of hydrogen-bond donors (Lipinski definition) is 1. The number of hydrazine groups is 1. The van der Waals surface area contributed by atoms with E-state index in [1.54, 1.807) is 0 Å². The van der Waals surface area contributed by atoms with E-state index in [0.717, 1.165) is 0 Å². The zero-order chi connectivity index (χ0) is 11.0. The van der Waals surface area contributed by atoms with E-state index < -0.39 is 10.4 Å². The second-order valence-corrected chi connectivity index (χ2v) is 7.37. The fourth-order valence-electron chi connectivity index (χ4n) is 1.75. The van der Waals surface area contributed by atoms with Crippen LogP contribution in [-0.2, 0) is 0 Å². The molecule has 2 nitrogen and oxygen atoms in total. The van der Waals surface area contributed by atoms with Gasteiger partial charge in [0.1, 0.15) is 0 Å². The highest BCUT2D eigenvalue weighted by Gasteiger charge is 2.48. The van der Waals surface area contributed by atoms with Crippen LogP contribution in [0.4, 0.5) is 0 Å². The van der Waals surface area contributed by atoms with E-state index >= 15 is 0 Å². The normalized spacial score (nSPS) is 23.7. The van der Waals surface area contributed by atoms with Crippen molar-refractivity contribution in [2.24, 2.45) is 0 Å². The quantitative estimate of drug-likeness (QED) is 0.672. The molecule has 3 rings (SSSR count). The summed E-state index contributed by atoms with van der Waals surface area (Å²) in [6, 6.07) is 21.1. The first kappa shape index (κ1) is 10.4. The Bertz CT molecular complexity index is 449. The smallest absolute Gasteiger partial charge is 0.0427 e. The first-order chi connectivity index (χ1) is 7.84. The highest BCUT2D eigenvalue weighted by Crippen LogP contribution is 2.73. The van der Waals surface area contributed by atoms with Crippen molar-refractivity contribution in [1.29, 1.82) is 0 Å². The Hall–Kier alpha value is -0.810. The Morgan fingerprint density at radius 2 is 1.19 bits per heavy atom. The topological polar surface area (TPSA) is 25.0 Å². The molecule has 0 aromatic heterocycles. The van der Waals surface area contributed by atoms with Crippen LogP contribution in [0.2, 0.25) is 0 Å². The molecule has 1 aliphatic heterocycles. The van der Waals surface area contributed by atoms with Crippen molar-refractivity contribution in [1.82, 2.24) is 8.27 Å². The molecule has 0 bridgehead atoms. The molecule has 0 saturated carbocycles. The largest absolute Gasteiger partial charge is 0.174 e. The first-order valence-corrected chi connectivity index (χ1v) is 7.31. The molecule has 16 heavy (non-hydrogen) atoms. The third-order valence-corrected chi connectivity index (χ3v) is 7.05. The van der Waals surface area contributed by atoms with Gasteiger partial charge in [0.05, 0.1) is 0 Å². The van der Waals surface area contributed by atoms with Gasteiger partial charge in [0.25, 0.3) is 0 Å². The molecule has 4 heteroatoms. The zero-order valence-electron chi connectivity index (χ0n) is 8.51. The molecule has 82 valence electrons. The Kier molecular flexibility index (Phi) is 2.52. The standard InChI is InChI=1S/C12H11BrN2S/c13-15-14-16(15,11-7-3-1-4-8-11)12-9-5-2-6-10-12/h1-10,14H. The van der Waals surface area contributed by atoms with Gasteiger partial charge >= 0.3 is 0 Å². The van der Waals surface area contributed by atoms with Crippen LogP contribution in [-0.4, -0.2) is 3.44 Å². The van der Waals surface area contributed by atoms with Gasteiger partial charge in [-0.2, -0.15) is 4.83 Å². The Morgan fingerprint density at radius 3 is 1.50 bits per heavy atom. The average molecular weight is 295 g/mol. The van der Waals surface area contributed by atoms with Crippen LogP contribution in [0.1, 0.15) is 0 Å². The van der Waals surface area contributed by atoms with Gasteiger partial charge in [-0.05, 0) is 34.7 Å². The second kappa shape index (κ2) is 3.89. The minimum absolute atomic E-state index is 1.17. The summed E-state index contributed by atoms with van der Waals surface area (Å²) in [4.78, 5) is 6.05. The van der Waals surface area contributed by atoms with E-state index in [0.29, 0.717) is 0 Å². The van der Waals surface area contributed by atoms with E-state index in [-0.39, 0.29) is 0 Å². The predicted molar refractivity (Wildman–Crippen MR) is 70.9 cm³/mol. The summed E-state index contributed by atoms with van der Waals surface area (Å²) in [5.41, 5.74) is 0. The number of hydrogen-bond acceptors (Lipinski definition) is 2. The summed E-state index contributed by atoms with van der Waals surface area (Å²) < 4.78 is 2.03. The lowest BCUT2D eigenvalue weighted by Gasteiger charge is -2.18. The second-order valence-electron chi connectivity index (χ2n) is 3.54. The molecule has 1 unspecified atom stereocenters. The van der Waals surface area contributed by atoms with E-state index in [1.165, 1.54) is 9.79 Å². The highest BCUT2D eigenvalue weighted by molar-refractivity contribution is 9.10. The summed E-state index contributed by atoms with van der Waals surface area (Å²) in [6.45, 7) is 0. The van der Waals surface area contributed by atoms with Crippen molar-refractivity contribution in [3.8, 4) is 0 Å². The zero-order valence-corrected chi connectivity index (χ0v) is 10.9. The molecule has 2 aromatic carbocycles. The Labute approximate surface area is 105 Å². The minimum Gasteiger partial charge on any atom is -0.174 e. The molecule has 1 fully saturated rings. The summed E-state index contributed by atoms with van der Waals surface area (Å²) in [5.74, 6) is 0. The van der Waals surface area contributed by atoms with Gasteiger partial charge in [-0.3, -0.25) is 0 Å². The molecule has 2 aromatic rings. The van der Waals surface area contributed by atoms with Crippen LogP contribution in [0.5, 0.6) is 0 Å². The van der Waals surface area contributed by atoms with Gasteiger partial charge in [0.2, 0.25) is 0 Å². The van der Waals surface area contributed by atoms with E-state index in [9.17, 15) is 0 Å². The molecule has 1 heterocycles. The molecule has 0 amide bonds. The molecule has 0 aliphatic carbocycles. The Balaban J connectivity index is 2.10. The lowest BCUT2D eigenvalue weighted by molar-refractivity contribution is 0.911. The molecular weight excluding hydrogens is 284 g/mol. The summed E-state index contributed by atoms with van der Waals surface area (Å²) in [5, 5.41) is 0. The molecular formula is C12H11BrN2S. The predicted octanol–water partition coefficient (Wildman–Crippen LogP) is 3.87. The fraction of sp³-hybridized carbons (Fsp3) is 0. The van der Waals surface area contributed by atoms with Crippen molar-refractivity contribution in [2.45, 2.75) is 9.79 Å². The third-order valence-electron chi connectivity index (χ3n) is 2.58. The number of nitrogens with zero attached hydrogens (tertiary/aromatic N) is 1. The van der Waals surface area contributed by atoms with Gasteiger partial charge in [-0.1, -0.05) is 36.4 Å². The molecule has 0 spiro atoms. The van der Waals surface area contributed by atoms with Crippen molar-refractivity contribution in [3.63, 3.8) is 0 Å². The molecule has 1 aliphatic rings. The maximum atomic E-state index is 3.54. The van der Waals surface area contributed by atoms with Crippen LogP contribution < -0.4 is 4.83 Å². The number of nitrogens with one attached hydrogen (secondary N) is 1. The van der Waals surface area contributed by atoms with Crippen molar-refractivity contribution in [3.05, 3.63) is 60.7 Å². The van der Waals surface area contributed by atoms with E-state index in [1.807, 2.05) is 15.6 Å². The van der Waals surface area contributed by atoms with E-state index in [2.05, 4.69) is 69.5 Å². The van der Waals surface area contributed by atoms with E-state index in [4.69, 9.17) is 0 Å². The minimum atomic E-state index is -1.17. The van der Waals surface area contributed by atoms with Crippen LogP contribution in [0.15, 0.2) is 70.5 Å². The van der Waals surface area contributed by atoms with Crippen molar-refractivity contribution >= 4 is 26.5 Å². The summed E-state index contributed by atoms with van der Waals surface area (Å²) in [7, 11) is -1.17. The monoisotopic (exact) mass is 294 g/mol. The van der Waals surface area contributed by atoms with Gasteiger partial charge < -0.3 is 0 Å². The van der Waals surface area contributed by atoms with Crippen LogP contribution >= 0.6 is 26.5 Å². The van der Waals surface area contributed by atoms with Crippen LogP contribution in [0, 0.1) is 0 Å². The van der Waals surface area contributed by atoms with Crippen molar-refractivity contribution < 1.29 is 0 Å².